The Labute approximate surface area is 231 Å². The molecule has 1 aliphatic rings. The summed E-state index contributed by atoms with van der Waals surface area (Å²) in [5, 5.41) is 10.5. The Morgan fingerprint density at radius 2 is 1.72 bits per heavy atom. The molecular formula is C31H42O8. The van der Waals surface area contributed by atoms with E-state index in [1.807, 2.05) is 27.7 Å². The Hall–Kier alpha value is -3.42. The summed E-state index contributed by atoms with van der Waals surface area (Å²) >= 11 is 0. The van der Waals surface area contributed by atoms with Crippen molar-refractivity contribution in [1.29, 1.82) is 0 Å². The Bertz CT molecular complexity index is 1200. The number of rotatable bonds is 12. The zero-order valence-corrected chi connectivity index (χ0v) is 24.3. The van der Waals surface area contributed by atoms with Gasteiger partial charge in [0.25, 0.3) is 5.79 Å². The average molecular weight is 543 g/mol. The molecule has 0 unspecified atom stereocenters. The minimum Gasteiger partial charge on any atom is -0.507 e. The number of benzene rings is 2. The number of fused-ring (bicyclic) bond motifs is 1. The molecule has 0 radical (unpaired) electrons. The molecule has 2 aromatic carbocycles. The summed E-state index contributed by atoms with van der Waals surface area (Å²) in [6.45, 7) is 12.4. The maximum Gasteiger partial charge on any atom is 0.511 e. The van der Waals surface area contributed by atoms with E-state index in [0.29, 0.717) is 49.4 Å². The van der Waals surface area contributed by atoms with Crippen LogP contribution in [0.5, 0.6) is 23.0 Å². The van der Waals surface area contributed by atoms with Crippen molar-refractivity contribution in [1.82, 2.24) is 0 Å². The van der Waals surface area contributed by atoms with Crippen LogP contribution in [0.25, 0.3) is 0 Å². The highest BCUT2D eigenvalue weighted by Crippen LogP contribution is 2.44. The first-order valence-corrected chi connectivity index (χ1v) is 13.7. The molecule has 39 heavy (non-hydrogen) atoms. The minimum atomic E-state index is -1.07. The number of ether oxygens (including phenoxy) is 5. The molecule has 0 fully saturated rings. The maximum atomic E-state index is 11.8. The zero-order valence-electron chi connectivity index (χ0n) is 24.3. The number of hydrogen-bond acceptors (Lipinski definition) is 8. The van der Waals surface area contributed by atoms with Crippen molar-refractivity contribution in [2.24, 2.45) is 0 Å². The average Bonchev–Trinajstić information content (AvgIpc) is 2.89. The lowest BCUT2D eigenvalue weighted by atomic mass is 9.91. The zero-order chi connectivity index (χ0) is 28.7. The van der Waals surface area contributed by atoms with Crippen molar-refractivity contribution in [2.75, 3.05) is 20.3 Å². The van der Waals surface area contributed by atoms with Crippen LogP contribution in [0.4, 0.5) is 4.79 Å². The summed E-state index contributed by atoms with van der Waals surface area (Å²) in [6, 6.07) is 3.41. The molecule has 0 amide bonds. The van der Waals surface area contributed by atoms with E-state index < -0.39 is 11.9 Å². The van der Waals surface area contributed by atoms with E-state index in [2.05, 4.69) is 4.74 Å². The maximum absolute atomic E-state index is 11.8. The van der Waals surface area contributed by atoms with Crippen LogP contribution in [0.3, 0.4) is 0 Å². The van der Waals surface area contributed by atoms with E-state index >= 15 is 0 Å². The second-order valence-corrected chi connectivity index (χ2v) is 10.3. The third kappa shape index (κ3) is 6.97. The van der Waals surface area contributed by atoms with Gasteiger partial charge in [0.2, 0.25) is 0 Å². The highest BCUT2D eigenvalue weighted by Gasteiger charge is 2.38. The summed E-state index contributed by atoms with van der Waals surface area (Å²) in [7, 11) is 1.28. The van der Waals surface area contributed by atoms with Gasteiger partial charge in [0.15, 0.2) is 5.78 Å². The van der Waals surface area contributed by atoms with E-state index in [-0.39, 0.29) is 11.5 Å². The fourth-order valence-corrected chi connectivity index (χ4v) is 4.99. The minimum absolute atomic E-state index is 0.0346. The van der Waals surface area contributed by atoms with E-state index in [0.717, 1.165) is 59.4 Å². The molecule has 0 aliphatic carbocycles. The molecule has 214 valence electrons. The van der Waals surface area contributed by atoms with Crippen molar-refractivity contribution < 1.29 is 38.4 Å². The van der Waals surface area contributed by atoms with Gasteiger partial charge < -0.3 is 28.8 Å². The molecule has 8 heteroatoms. The largest absolute Gasteiger partial charge is 0.511 e. The summed E-state index contributed by atoms with van der Waals surface area (Å²) in [6.07, 6.45) is 4.60. The lowest BCUT2D eigenvalue weighted by molar-refractivity contribution is -0.152. The molecule has 0 saturated heterocycles. The smallest absolute Gasteiger partial charge is 0.507 e. The summed E-state index contributed by atoms with van der Waals surface area (Å²) < 4.78 is 28.4. The second-order valence-electron chi connectivity index (χ2n) is 10.3. The molecule has 1 N–H and O–H groups in total. The lowest BCUT2D eigenvalue weighted by Gasteiger charge is -2.36. The van der Waals surface area contributed by atoms with Gasteiger partial charge >= 0.3 is 6.16 Å². The Kier molecular flexibility index (Phi) is 10.1. The first-order chi connectivity index (χ1) is 18.5. The lowest BCUT2D eigenvalue weighted by Crippen LogP contribution is -2.41. The fourth-order valence-electron chi connectivity index (χ4n) is 4.99. The number of aromatic hydroxyl groups is 1. The van der Waals surface area contributed by atoms with Crippen molar-refractivity contribution in [3.8, 4) is 23.0 Å². The molecular weight excluding hydrogens is 500 g/mol. The number of phenols is 1. The van der Waals surface area contributed by atoms with E-state index in [9.17, 15) is 14.7 Å². The molecule has 3 rings (SSSR count). The number of ketones is 1. The third-order valence-electron chi connectivity index (χ3n) is 7.34. The summed E-state index contributed by atoms with van der Waals surface area (Å²) in [5.41, 5.74) is 5.14. The normalized spacial score (nSPS) is 16.2. The molecule has 0 saturated carbocycles. The molecule has 0 aromatic heterocycles. The first-order valence-electron chi connectivity index (χ1n) is 13.7. The number of unbranched alkanes of at least 4 members (excludes halogenated alkanes) is 2. The molecule has 8 nitrogen and oxygen atoms in total. The SMILES string of the molecule is CCCc1c(OCCCCCOc2c(C)c(C)c3c(c2C)CC[C@](C)(OC(=O)OC)O3)ccc(C(C)=O)c1O. The first kappa shape index (κ1) is 30.1. The molecule has 0 spiro atoms. The van der Waals surface area contributed by atoms with Crippen LogP contribution >= 0.6 is 0 Å². The van der Waals surface area contributed by atoms with Gasteiger partial charge in [-0.15, -0.1) is 0 Å². The van der Waals surface area contributed by atoms with Gasteiger partial charge in [-0.1, -0.05) is 13.3 Å². The van der Waals surface area contributed by atoms with Crippen LogP contribution in [-0.2, 0) is 22.3 Å². The predicted molar refractivity (Wildman–Crippen MR) is 148 cm³/mol. The van der Waals surface area contributed by atoms with Crippen LogP contribution < -0.4 is 14.2 Å². The fraction of sp³-hybridized carbons (Fsp3) is 0.548. The molecule has 2 aromatic rings. The van der Waals surface area contributed by atoms with E-state index in [4.69, 9.17) is 18.9 Å². The second kappa shape index (κ2) is 13.1. The van der Waals surface area contributed by atoms with Crippen LogP contribution in [0, 0.1) is 20.8 Å². The molecule has 1 atom stereocenters. The van der Waals surface area contributed by atoms with E-state index in [1.165, 1.54) is 14.0 Å². The number of phenolic OH excluding ortho intramolecular Hbond substituents is 1. The van der Waals surface area contributed by atoms with Gasteiger partial charge in [0, 0.05) is 24.5 Å². The molecule has 0 bridgehead atoms. The molecule has 1 heterocycles. The molecule has 1 aliphatic heterocycles. The van der Waals surface area contributed by atoms with Crippen LogP contribution in [0.15, 0.2) is 12.1 Å². The van der Waals surface area contributed by atoms with Crippen LogP contribution in [0.2, 0.25) is 0 Å². The Morgan fingerprint density at radius 3 is 2.36 bits per heavy atom. The van der Waals surface area contributed by atoms with Gasteiger partial charge in [0.1, 0.15) is 23.0 Å². The predicted octanol–water partition coefficient (Wildman–Crippen LogP) is 6.92. The number of methoxy groups -OCH3 is 1. The Balaban J connectivity index is 1.54. The van der Waals surface area contributed by atoms with E-state index in [1.54, 1.807) is 19.1 Å². The summed E-state index contributed by atoms with van der Waals surface area (Å²) in [4.78, 5) is 23.4. The van der Waals surface area contributed by atoms with Crippen molar-refractivity contribution in [3.63, 3.8) is 0 Å². The van der Waals surface area contributed by atoms with Crippen molar-refractivity contribution in [2.45, 2.75) is 92.3 Å². The van der Waals surface area contributed by atoms with Crippen LogP contribution in [-0.4, -0.2) is 43.2 Å². The van der Waals surface area contributed by atoms with Gasteiger partial charge in [-0.25, -0.2) is 4.79 Å². The number of carbonyl (C=O) groups is 2. The highest BCUT2D eigenvalue weighted by atomic mass is 16.8. The van der Waals surface area contributed by atoms with Crippen molar-refractivity contribution in [3.05, 3.63) is 45.5 Å². The third-order valence-corrected chi connectivity index (χ3v) is 7.34. The van der Waals surface area contributed by atoms with Gasteiger partial charge in [-0.05, 0) is 88.6 Å². The van der Waals surface area contributed by atoms with Crippen molar-refractivity contribution >= 4 is 11.9 Å². The standard InChI is InChI=1S/C31H42O8/c1-8-12-25-26(14-13-24(22(5)32)27(25)33)36-17-10-9-11-18-37-28-19(2)20(3)29-23(21(28)4)15-16-31(6,38-29)39-30(34)35-7/h13-14,33H,8-12,15-18H2,1-7H3/t31-/m0/s1. The monoisotopic (exact) mass is 542 g/mol. The van der Waals surface area contributed by atoms with Gasteiger partial charge in [0.05, 0.1) is 25.9 Å². The van der Waals surface area contributed by atoms with Gasteiger partial charge in [-0.2, -0.15) is 0 Å². The topological polar surface area (TPSA) is 101 Å². The Morgan fingerprint density at radius 1 is 1.03 bits per heavy atom. The highest BCUT2D eigenvalue weighted by molar-refractivity contribution is 5.97. The quantitative estimate of drug-likeness (QED) is 0.175. The van der Waals surface area contributed by atoms with Crippen LogP contribution in [0.1, 0.15) is 91.1 Å². The number of carbonyl (C=O) groups excluding carboxylic acids is 2. The summed E-state index contributed by atoms with van der Waals surface area (Å²) in [5.74, 6) is 1.08. The number of hydrogen-bond donors (Lipinski definition) is 1. The van der Waals surface area contributed by atoms with Gasteiger partial charge in [-0.3, -0.25) is 4.79 Å². The number of Topliss-reactive ketones (excluding diaryl/α,β-unsaturated/α-hetero) is 1.